The molecule has 0 atom stereocenters. The van der Waals surface area contributed by atoms with E-state index in [1.807, 2.05) is 0 Å². The van der Waals surface area contributed by atoms with E-state index in [0.717, 1.165) is 0 Å². The van der Waals surface area contributed by atoms with Gasteiger partial charge in [0.1, 0.15) is 17.5 Å². The molecule has 0 N–H and O–H groups in total. The first kappa shape index (κ1) is 26.8. The van der Waals surface area contributed by atoms with E-state index in [0.29, 0.717) is 0 Å². The Kier molecular flexibility index (Phi) is 6.94. The van der Waals surface area contributed by atoms with Gasteiger partial charge in [-0.2, -0.15) is 79.0 Å². The summed E-state index contributed by atoms with van der Waals surface area (Å²) in [5, 5.41) is 0. The number of alkyl halides is 18. The second-order valence-electron chi connectivity index (χ2n) is 5.26. The third-order valence-electron chi connectivity index (χ3n) is 3.27. The predicted octanol–water partition coefficient (Wildman–Crippen LogP) is 6.97. The molecule has 0 heterocycles. The molecule has 0 spiro atoms. The van der Waals surface area contributed by atoms with Crippen LogP contribution in [0, 0.1) is 0 Å². The molecule has 0 unspecified atom stereocenters. The Hall–Kier alpha value is -1.20. The van der Waals surface area contributed by atoms with Crippen molar-refractivity contribution in [2.75, 3.05) is 0 Å². The van der Waals surface area contributed by atoms with Gasteiger partial charge in [0, 0.05) is 0 Å². The summed E-state index contributed by atoms with van der Waals surface area (Å²) in [6.45, 7) is -6.11. The van der Waals surface area contributed by atoms with Crippen molar-refractivity contribution in [2.45, 2.75) is 54.5 Å². The van der Waals surface area contributed by atoms with E-state index in [1.165, 1.54) is 0 Å². The summed E-state index contributed by atoms with van der Waals surface area (Å²) in [4.78, 5) is 0. The summed E-state index contributed by atoms with van der Waals surface area (Å²) in [7, 11) is 0. The normalized spacial score (nSPS) is 15.8. The standard InChI is InChI=1S/C9H3BF18/c11-4(12,13)1(5(14,15)16)10(2(6(17,18)19)7(20,21)22)3(8(23,24)25)9(26,27)28/h1-3H. The number of hydrogen-bond donors (Lipinski definition) is 0. The van der Waals surface area contributed by atoms with Gasteiger partial charge in [-0.1, -0.05) is 0 Å². The first-order valence-corrected chi connectivity index (χ1v) is 6.13. The third-order valence-corrected chi connectivity index (χ3v) is 3.27. The molecule has 0 aliphatic heterocycles. The maximum Gasteiger partial charge on any atom is 0.394 e. The maximum absolute atomic E-state index is 12.6. The minimum absolute atomic E-state index is 6.11. The molecule has 0 aromatic heterocycles. The van der Waals surface area contributed by atoms with Crippen LogP contribution in [0.5, 0.6) is 0 Å². The van der Waals surface area contributed by atoms with Crippen molar-refractivity contribution in [2.24, 2.45) is 0 Å². The van der Waals surface area contributed by atoms with Gasteiger partial charge < -0.3 is 0 Å². The number of rotatable bonds is 3. The highest BCUT2D eigenvalue weighted by molar-refractivity contribution is 6.65. The fourth-order valence-corrected chi connectivity index (χ4v) is 2.44. The van der Waals surface area contributed by atoms with Gasteiger partial charge in [-0.25, -0.2) is 0 Å². The zero-order valence-electron chi connectivity index (χ0n) is 12.1. The molecule has 0 aliphatic carbocycles. The Labute approximate surface area is 141 Å². The van der Waals surface area contributed by atoms with Crippen LogP contribution in [0.25, 0.3) is 0 Å². The van der Waals surface area contributed by atoms with Crippen LogP contribution in [0.3, 0.4) is 0 Å². The van der Waals surface area contributed by atoms with Crippen molar-refractivity contribution in [1.82, 2.24) is 0 Å². The monoisotopic (exact) mass is 464 g/mol. The Bertz CT molecular complexity index is 392. The van der Waals surface area contributed by atoms with Crippen LogP contribution in [0.2, 0.25) is 17.5 Å². The van der Waals surface area contributed by atoms with E-state index in [-0.39, 0.29) is 0 Å². The van der Waals surface area contributed by atoms with Crippen molar-refractivity contribution < 1.29 is 79.0 Å². The lowest BCUT2D eigenvalue weighted by Crippen LogP contribution is -2.59. The van der Waals surface area contributed by atoms with Gasteiger partial charge in [-0.05, 0) is 0 Å². The van der Waals surface area contributed by atoms with Crippen molar-refractivity contribution in [3.8, 4) is 0 Å². The van der Waals surface area contributed by atoms with Gasteiger partial charge >= 0.3 is 37.1 Å². The molecule has 19 heteroatoms. The average molecular weight is 464 g/mol. The highest BCUT2D eigenvalue weighted by Crippen LogP contribution is 2.63. The Balaban J connectivity index is 7.30. The summed E-state index contributed by atoms with van der Waals surface area (Å²) < 4.78 is 226. The molecule has 168 valence electrons. The number of halogens is 18. The Morgan fingerprint density at radius 1 is 0.286 bits per heavy atom. The van der Waals surface area contributed by atoms with Gasteiger partial charge in [0.25, 0.3) is 0 Å². The molecular weight excluding hydrogens is 461 g/mol. The summed E-state index contributed by atoms with van der Waals surface area (Å²) in [6.07, 6.45) is -44.2. The highest BCUT2D eigenvalue weighted by atomic mass is 19.4. The van der Waals surface area contributed by atoms with Crippen LogP contribution in [-0.4, -0.2) is 43.8 Å². The summed E-state index contributed by atoms with van der Waals surface area (Å²) in [5.74, 6) is -18.7. The Morgan fingerprint density at radius 2 is 0.393 bits per heavy atom. The van der Waals surface area contributed by atoms with Crippen molar-refractivity contribution in [3.05, 3.63) is 0 Å². The van der Waals surface area contributed by atoms with Crippen LogP contribution in [0.4, 0.5) is 79.0 Å². The van der Waals surface area contributed by atoms with Crippen LogP contribution < -0.4 is 0 Å². The molecule has 0 aromatic carbocycles. The van der Waals surface area contributed by atoms with E-state index in [1.54, 1.807) is 0 Å². The Morgan fingerprint density at radius 3 is 0.464 bits per heavy atom. The summed E-state index contributed by atoms with van der Waals surface area (Å²) >= 11 is 0. The van der Waals surface area contributed by atoms with Crippen LogP contribution in [-0.2, 0) is 0 Å². The molecular formula is C9H3BF18. The summed E-state index contributed by atoms with van der Waals surface area (Å²) in [5.41, 5.74) is 0. The maximum atomic E-state index is 12.6. The van der Waals surface area contributed by atoms with Crippen LogP contribution in [0.15, 0.2) is 0 Å². The minimum atomic E-state index is -7.37. The van der Waals surface area contributed by atoms with Crippen LogP contribution in [0.1, 0.15) is 0 Å². The molecule has 0 bridgehead atoms. The van der Waals surface area contributed by atoms with Crippen LogP contribution >= 0.6 is 0 Å². The number of hydrogen-bond acceptors (Lipinski definition) is 0. The van der Waals surface area contributed by atoms with Gasteiger partial charge in [-0.15, -0.1) is 0 Å². The van der Waals surface area contributed by atoms with E-state index < -0.39 is 61.2 Å². The lowest BCUT2D eigenvalue weighted by atomic mass is 9.26. The molecule has 0 amide bonds. The SMILES string of the molecule is FC(F)(F)C(B(C(C(F)(F)F)C(F)(F)F)C(C(F)(F)F)C(F)(F)F)C(F)(F)F. The van der Waals surface area contributed by atoms with Gasteiger partial charge in [0.15, 0.2) is 0 Å². The lowest BCUT2D eigenvalue weighted by molar-refractivity contribution is -0.260. The second kappa shape index (κ2) is 7.25. The molecule has 0 saturated carbocycles. The van der Waals surface area contributed by atoms with Gasteiger partial charge in [0.05, 0.1) is 0 Å². The summed E-state index contributed by atoms with van der Waals surface area (Å²) in [6, 6.07) is 0. The largest absolute Gasteiger partial charge is 0.394 e. The van der Waals surface area contributed by atoms with E-state index in [2.05, 4.69) is 0 Å². The van der Waals surface area contributed by atoms with E-state index in [9.17, 15) is 79.0 Å². The van der Waals surface area contributed by atoms with E-state index in [4.69, 9.17) is 0 Å². The first-order valence-electron chi connectivity index (χ1n) is 6.13. The highest BCUT2D eigenvalue weighted by Gasteiger charge is 2.79. The van der Waals surface area contributed by atoms with Gasteiger partial charge in [0.2, 0.25) is 6.71 Å². The molecule has 0 rings (SSSR count). The fraction of sp³-hybridized carbons (Fsp3) is 1.00. The molecule has 0 radical (unpaired) electrons. The topological polar surface area (TPSA) is 0 Å². The van der Waals surface area contributed by atoms with Crippen molar-refractivity contribution in [1.29, 1.82) is 0 Å². The van der Waals surface area contributed by atoms with Crippen molar-refractivity contribution in [3.63, 3.8) is 0 Å². The molecule has 0 fully saturated rings. The fourth-order valence-electron chi connectivity index (χ4n) is 2.44. The molecule has 0 aliphatic rings. The van der Waals surface area contributed by atoms with E-state index >= 15 is 0 Å². The zero-order chi connectivity index (χ0) is 23.3. The minimum Gasteiger partial charge on any atom is -0.171 e. The molecule has 0 nitrogen and oxygen atoms in total. The zero-order valence-corrected chi connectivity index (χ0v) is 12.1. The average Bonchev–Trinajstić information content (AvgIpc) is 2.13. The van der Waals surface area contributed by atoms with Crippen molar-refractivity contribution >= 4 is 6.71 Å². The smallest absolute Gasteiger partial charge is 0.171 e. The molecule has 28 heavy (non-hydrogen) atoms. The first-order chi connectivity index (χ1) is 11.7. The predicted molar refractivity (Wildman–Crippen MR) is 53.3 cm³/mol. The second-order valence-corrected chi connectivity index (χ2v) is 5.26. The van der Waals surface area contributed by atoms with Gasteiger partial charge in [-0.3, -0.25) is 0 Å². The lowest BCUT2D eigenvalue weighted by Gasteiger charge is -2.40. The third kappa shape index (κ3) is 6.42. The quantitative estimate of drug-likeness (QED) is 0.313. The molecule has 0 saturated heterocycles. The molecule has 0 aromatic rings.